The average Bonchev–Trinajstić information content (AvgIpc) is 2.92. The minimum absolute atomic E-state index is 0.0310. The van der Waals surface area contributed by atoms with Crippen LogP contribution in [0.25, 0.3) is 0 Å². The van der Waals surface area contributed by atoms with Crippen LogP contribution in [0.4, 0.5) is 29.5 Å². The first kappa shape index (κ1) is 23.3. The van der Waals surface area contributed by atoms with Crippen molar-refractivity contribution in [1.82, 2.24) is 0 Å². The van der Waals surface area contributed by atoms with Crippen LogP contribution in [0, 0.1) is 24.0 Å². The van der Waals surface area contributed by atoms with Crippen molar-refractivity contribution in [1.29, 1.82) is 0 Å². The van der Waals surface area contributed by atoms with Crippen LogP contribution in [0.1, 0.15) is 20.8 Å². The first-order chi connectivity index (χ1) is 13.9. The van der Waals surface area contributed by atoms with E-state index in [2.05, 4.69) is 15.4 Å². The smallest absolute Gasteiger partial charge is 0.422 e. The van der Waals surface area contributed by atoms with Crippen molar-refractivity contribution in [2.75, 3.05) is 24.4 Å². The zero-order chi connectivity index (χ0) is 22.6. The molecule has 0 unspecified atom stereocenters. The molecule has 13 heteroatoms. The number of halogens is 3. The number of anilines is 2. The second kappa shape index (κ2) is 9.26. The molecule has 30 heavy (non-hydrogen) atoms. The molecule has 0 bridgehead atoms. The molecule has 0 aliphatic heterocycles. The fourth-order valence-electron chi connectivity index (χ4n) is 2.34. The molecule has 1 heterocycles. The van der Waals surface area contributed by atoms with Gasteiger partial charge in [0, 0.05) is 17.0 Å². The van der Waals surface area contributed by atoms with E-state index in [1.165, 1.54) is 18.4 Å². The van der Waals surface area contributed by atoms with Crippen LogP contribution >= 0.6 is 23.6 Å². The monoisotopic (exact) mass is 463 g/mol. The first-order valence-electron chi connectivity index (χ1n) is 8.16. The Morgan fingerprint density at radius 1 is 1.27 bits per heavy atom. The van der Waals surface area contributed by atoms with Crippen LogP contribution in [-0.2, 0) is 4.74 Å². The number of hydrogen-bond acceptors (Lipinski definition) is 7. The largest absolute Gasteiger partial charge is 0.484 e. The number of benzene rings is 1. The quantitative estimate of drug-likeness (QED) is 0.272. The number of hydrogen-bond donors (Lipinski definition) is 2. The molecule has 2 N–H and O–H groups in total. The summed E-state index contributed by atoms with van der Waals surface area (Å²) in [5.74, 6) is -0.926. The highest BCUT2D eigenvalue weighted by molar-refractivity contribution is 7.80. The number of aryl methyl sites for hydroxylation is 1. The number of esters is 1. The maximum Gasteiger partial charge on any atom is 0.422 e. The van der Waals surface area contributed by atoms with Gasteiger partial charge in [0.1, 0.15) is 10.8 Å². The van der Waals surface area contributed by atoms with E-state index in [9.17, 15) is 28.1 Å². The van der Waals surface area contributed by atoms with Crippen molar-refractivity contribution in [2.24, 2.45) is 0 Å². The van der Waals surface area contributed by atoms with Crippen molar-refractivity contribution < 1.29 is 32.4 Å². The van der Waals surface area contributed by atoms with Gasteiger partial charge in [-0.15, -0.1) is 11.3 Å². The number of rotatable bonds is 6. The van der Waals surface area contributed by atoms with Gasteiger partial charge in [-0.25, -0.2) is 4.79 Å². The number of carbonyl (C=O) groups excluding carboxylic acids is 1. The predicted octanol–water partition coefficient (Wildman–Crippen LogP) is 4.81. The van der Waals surface area contributed by atoms with E-state index < -0.39 is 29.4 Å². The Labute approximate surface area is 178 Å². The SMILES string of the molecule is COC(=O)c1c(NC(=S)Nc2cc(OCC(F)(F)F)cc([N+](=O)[O-])c2)sc(C)c1C. The van der Waals surface area contributed by atoms with E-state index in [-0.39, 0.29) is 22.1 Å². The van der Waals surface area contributed by atoms with Crippen molar-refractivity contribution in [3.05, 3.63) is 44.3 Å². The summed E-state index contributed by atoms with van der Waals surface area (Å²) >= 11 is 6.42. The molecule has 0 atom stereocenters. The van der Waals surface area contributed by atoms with Crippen molar-refractivity contribution in [2.45, 2.75) is 20.0 Å². The number of non-ortho nitro benzene ring substituents is 1. The van der Waals surface area contributed by atoms with Gasteiger partial charge >= 0.3 is 12.1 Å². The number of nitro benzene ring substituents is 1. The van der Waals surface area contributed by atoms with Gasteiger partial charge in [-0.3, -0.25) is 10.1 Å². The second-order valence-electron chi connectivity index (χ2n) is 5.93. The number of methoxy groups -OCH3 is 1. The highest BCUT2D eigenvalue weighted by atomic mass is 32.1. The predicted molar refractivity (Wildman–Crippen MR) is 110 cm³/mol. The molecule has 2 rings (SSSR count). The van der Waals surface area contributed by atoms with E-state index in [0.717, 1.165) is 23.1 Å². The second-order valence-corrected chi connectivity index (χ2v) is 7.57. The molecule has 162 valence electrons. The van der Waals surface area contributed by atoms with Gasteiger partial charge in [-0.05, 0) is 31.6 Å². The molecule has 0 aliphatic rings. The average molecular weight is 463 g/mol. The molecule has 1 aromatic heterocycles. The number of alkyl halides is 3. The summed E-state index contributed by atoms with van der Waals surface area (Å²) in [6.45, 7) is 1.94. The lowest BCUT2D eigenvalue weighted by molar-refractivity contribution is -0.384. The molecule has 0 spiro atoms. The molecule has 0 aliphatic carbocycles. The summed E-state index contributed by atoms with van der Waals surface area (Å²) in [5, 5.41) is 16.9. The summed E-state index contributed by atoms with van der Waals surface area (Å²) in [6, 6.07) is 3.09. The van der Waals surface area contributed by atoms with Crippen LogP contribution in [0.5, 0.6) is 5.75 Å². The van der Waals surface area contributed by atoms with Crippen molar-refractivity contribution in [3.63, 3.8) is 0 Å². The van der Waals surface area contributed by atoms with Gasteiger partial charge in [0.05, 0.1) is 29.4 Å². The molecular formula is C17H16F3N3O5S2. The van der Waals surface area contributed by atoms with Gasteiger partial charge in [-0.2, -0.15) is 13.2 Å². The van der Waals surface area contributed by atoms with E-state index in [1.807, 2.05) is 0 Å². The van der Waals surface area contributed by atoms with Crippen molar-refractivity contribution >= 4 is 51.0 Å². The zero-order valence-corrected chi connectivity index (χ0v) is 17.5. The minimum atomic E-state index is -4.60. The molecular weight excluding hydrogens is 447 g/mol. The van der Waals surface area contributed by atoms with Crippen LogP contribution in [-0.4, -0.2) is 35.9 Å². The van der Waals surface area contributed by atoms with Crippen LogP contribution < -0.4 is 15.4 Å². The number of thiocarbonyl (C=S) groups is 1. The maximum atomic E-state index is 12.4. The van der Waals surface area contributed by atoms with E-state index >= 15 is 0 Å². The third kappa shape index (κ3) is 6.03. The molecule has 0 fully saturated rings. The molecule has 1 aromatic carbocycles. The molecule has 2 aromatic rings. The maximum absolute atomic E-state index is 12.4. The molecule has 0 radical (unpaired) electrons. The highest BCUT2D eigenvalue weighted by Gasteiger charge is 2.29. The summed E-state index contributed by atoms with van der Waals surface area (Å²) in [6.07, 6.45) is -4.60. The van der Waals surface area contributed by atoms with Gasteiger partial charge in [0.15, 0.2) is 11.7 Å². The summed E-state index contributed by atoms with van der Waals surface area (Å²) in [5.41, 5.74) is 0.536. The summed E-state index contributed by atoms with van der Waals surface area (Å²) in [7, 11) is 1.24. The van der Waals surface area contributed by atoms with E-state index in [4.69, 9.17) is 17.0 Å². The Balaban J connectivity index is 2.24. The molecule has 8 nitrogen and oxygen atoms in total. The molecule has 0 amide bonds. The lowest BCUT2D eigenvalue weighted by Gasteiger charge is -2.13. The van der Waals surface area contributed by atoms with E-state index in [0.29, 0.717) is 10.6 Å². The van der Waals surface area contributed by atoms with Crippen LogP contribution in [0.2, 0.25) is 0 Å². The van der Waals surface area contributed by atoms with Gasteiger partial charge in [-0.1, -0.05) is 0 Å². The van der Waals surface area contributed by atoms with Gasteiger partial charge in [0.25, 0.3) is 5.69 Å². The molecule has 0 saturated heterocycles. The van der Waals surface area contributed by atoms with Gasteiger partial charge in [0.2, 0.25) is 0 Å². The van der Waals surface area contributed by atoms with Crippen LogP contribution in [0.3, 0.4) is 0 Å². The third-order valence-corrected chi connectivity index (χ3v) is 5.09. The number of nitrogens with one attached hydrogen (secondary N) is 2. The third-order valence-electron chi connectivity index (χ3n) is 3.76. The first-order valence-corrected chi connectivity index (χ1v) is 9.39. The zero-order valence-electron chi connectivity index (χ0n) is 15.9. The lowest BCUT2D eigenvalue weighted by atomic mass is 10.1. The molecule has 0 saturated carbocycles. The van der Waals surface area contributed by atoms with Gasteiger partial charge < -0.3 is 20.1 Å². The Morgan fingerprint density at radius 2 is 1.93 bits per heavy atom. The Hall–Kier alpha value is -2.93. The highest BCUT2D eigenvalue weighted by Crippen LogP contribution is 2.33. The Kier molecular flexibility index (Phi) is 7.21. The topological polar surface area (TPSA) is 103 Å². The number of thiophene rings is 1. The minimum Gasteiger partial charge on any atom is -0.484 e. The fraction of sp³-hybridized carbons (Fsp3) is 0.294. The fourth-order valence-corrected chi connectivity index (χ4v) is 3.68. The number of nitrogens with zero attached hydrogens (tertiary/aromatic N) is 1. The summed E-state index contributed by atoms with van der Waals surface area (Å²) in [4.78, 5) is 23.2. The Morgan fingerprint density at radius 3 is 2.50 bits per heavy atom. The standard InChI is InChI=1S/C17H16F3N3O5S2/c1-8-9(2)30-14(13(8)15(24)27-3)22-16(29)21-10-4-11(23(25)26)6-12(5-10)28-7-17(18,19)20/h4-6H,7H2,1-3H3,(H2,21,22,29). The number of nitro groups is 1. The Bertz CT molecular complexity index is 992. The number of carbonyl (C=O) groups is 1. The lowest BCUT2D eigenvalue weighted by Crippen LogP contribution is -2.21. The number of ether oxygens (including phenoxy) is 2. The summed E-state index contributed by atoms with van der Waals surface area (Å²) < 4.78 is 46.5. The normalized spacial score (nSPS) is 11.0. The van der Waals surface area contributed by atoms with Crippen LogP contribution in [0.15, 0.2) is 18.2 Å². The van der Waals surface area contributed by atoms with Crippen molar-refractivity contribution in [3.8, 4) is 5.75 Å². The van der Waals surface area contributed by atoms with E-state index in [1.54, 1.807) is 13.8 Å².